The molecule has 0 radical (unpaired) electrons. The topological polar surface area (TPSA) is 30.5 Å². The van der Waals surface area contributed by atoms with Gasteiger partial charge in [0.15, 0.2) is 0 Å². The zero-order valence-electron chi connectivity index (χ0n) is 13.4. The van der Waals surface area contributed by atoms with Crippen molar-refractivity contribution in [3.8, 4) is 0 Å². The van der Waals surface area contributed by atoms with Gasteiger partial charge in [-0.15, -0.1) is 0 Å². The summed E-state index contributed by atoms with van der Waals surface area (Å²) in [7, 11) is 1.75. The molecule has 118 valence electrons. The van der Waals surface area contributed by atoms with Crippen LogP contribution in [-0.2, 0) is 15.9 Å². The van der Waals surface area contributed by atoms with Crippen molar-refractivity contribution in [3.05, 3.63) is 35.4 Å². The van der Waals surface area contributed by atoms with E-state index in [1.54, 1.807) is 7.11 Å². The molecule has 0 aromatic heterocycles. The second-order valence-corrected chi connectivity index (χ2v) is 5.89. The van der Waals surface area contributed by atoms with Crippen molar-refractivity contribution in [2.45, 2.75) is 38.6 Å². The standard InChI is InChI=1S/C18H29NO2/c1-3-11-19-18(17-5-4-12-21-14-17)16-8-6-15(7-9-16)10-13-20-2/h6-9,17-19H,3-5,10-14H2,1-2H3. The Balaban J connectivity index is 2.04. The predicted molar refractivity (Wildman–Crippen MR) is 86.6 cm³/mol. The third-order valence-electron chi connectivity index (χ3n) is 4.21. The molecule has 2 atom stereocenters. The molecular formula is C18H29NO2. The molecule has 1 aliphatic heterocycles. The molecule has 3 heteroatoms. The maximum Gasteiger partial charge on any atom is 0.0512 e. The maximum atomic E-state index is 5.68. The van der Waals surface area contributed by atoms with Gasteiger partial charge in [-0.3, -0.25) is 0 Å². The Bertz CT molecular complexity index is 385. The van der Waals surface area contributed by atoms with E-state index in [1.165, 1.54) is 24.0 Å². The van der Waals surface area contributed by atoms with E-state index < -0.39 is 0 Å². The van der Waals surface area contributed by atoms with Crippen LogP contribution in [0.5, 0.6) is 0 Å². The predicted octanol–water partition coefficient (Wildman–Crippen LogP) is 3.34. The lowest BCUT2D eigenvalue weighted by molar-refractivity contribution is 0.0390. The minimum Gasteiger partial charge on any atom is -0.384 e. The van der Waals surface area contributed by atoms with Crippen LogP contribution >= 0.6 is 0 Å². The smallest absolute Gasteiger partial charge is 0.0512 e. The van der Waals surface area contributed by atoms with Crippen LogP contribution < -0.4 is 5.32 Å². The van der Waals surface area contributed by atoms with Crippen LogP contribution in [0.25, 0.3) is 0 Å². The van der Waals surface area contributed by atoms with Crippen LogP contribution in [0, 0.1) is 5.92 Å². The molecule has 1 N–H and O–H groups in total. The average Bonchev–Trinajstić information content (AvgIpc) is 2.55. The summed E-state index contributed by atoms with van der Waals surface area (Å²) in [5, 5.41) is 3.71. The van der Waals surface area contributed by atoms with Crippen molar-refractivity contribution in [2.24, 2.45) is 5.92 Å². The van der Waals surface area contributed by atoms with E-state index in [0.717, 1.165) is 39.2 Å². The van der Waals surface area contributed by atoms with Crippen molar-refractivity contribution in [1.29, 1.82) is 0 Å². The van der Waals surface area contributed by atoms with Gasteiger partial charge in [-0.2, -0.15) is 0 Å². The SMILES string of the molecule is CCCNC(c1ccc(CCOC)cc1)C1CCCOC1. The number of methoxy groups -OCH3 is 1. The van der Waals surface area contributed by atoms with E-state index in [9.17, 15) is 0 Å². The number of benzene rings is 1. The Morgan fingerprint density at radius 3 is 2.76 bits per heavy atom. The Morgan fingerprint density at radius 1 is 1.33 bits per heavy atom. The molecule has 1 fully saturated rings. The summed E-state index contributed by atoms with van der Waals surface area (Å²) in [5.41, 5.74) is 2.73. The fourth-order valence-electron chi connectivity index (χ4n) is 3.00. The Hall–Kier alpha value is -0.900. The van der Waals surface area contributed by atoms with E-state index >= 15 is 0 Å². The minimum atomic E-state index is 0.418. The van der Waals surface area contributed by atoms with Gasteiger partial charge in [0.05, 0.1) is 13.2 Å². The van der Waals surface area contributed by atoms with Crippen molar-refractivity contribution in [3.63, 3.8) is 0 Å². The maximum absolute atomic E-state index is 5.68. The molecular weight excluding hydrogens is 262 g/mol. The van der Waals surface area contributed by atoms with Crippen LogP contribution in [0.3, 0.4) is 0 Å². The molecule has 1 heterocycles. The fraction of sp³-hybridized carbons (Fsp3) is 0.667. The van der Waals surface area contributed by atoms with Crippen molar-refractivity contribution < 1.29 is 9.47 Å². The molecule has 3 nitrogen and oxygen atoms in total. The highest BCUT2D eigenvalue weighted by molar-refractivity contribution is 5.26. The third kappa shape index (κ3) is 5.10. The molecule has 0 saturated carbocycles. The molecule has 1 aromatic carbocycles. The van der Waals surface area contributed by atoms with Gasteiger partial charge in [-0.25, -0.2) is 0 Å². The molecule has 2 unspecified atom stereocenters. The summed E-state index contributed by atoms with van der Waals surface area (Å²) in [6.07, 6.45) is 4.58. The lowest BCUT2D eigenvalue weighted by atomic mass is 9.88. The highest BCUT2D eigenvalue weighted by atomic mass is 16.5. The first-order chi connectivity index (χ1) is 10.3. The summed E-state index contributed by atoms with van der Waals surface area (Å²) in [4.78, 5) is 0. The summed E-state index contributed by atoms with van der Waals surface area (Å²) in [5.74, 6) is 0.593. The van der Waals surface area contributed by atoms with Crippen molar-refractivity contribution in [2.75, 3.05) is 33.5 Å². The largest absolute Gasteiger partial charge is 0.384 e. The lowest BCUT2D eigenvalue weighted by Gasteiger charge is -2.31. The second kappa shape index (κ2) is 9.19. The van der Waals surface area contributed by atoms with Crippen LogP contribution in [-0.4, -0.2) is 33.5 Å². The number of hydrogen-bond donors (Lipinski definition) is 1. The molecule has 2 rings (SSSR count). The highest BCUT2D eigenvalue weighted by Crippen LogP contribution is 2.29. The van der Waals surface area contributed by atoms with E-state index in [1.807, 2.05) is 0 Å². The summed E-state index contributed by atoms with van der Waals surface area (Å²) in [6, 6.07) is 9.43. The van der Waals surface area contributed by atoms with Gasteiger partial charge < -0.3 is 14.8 Å². The number of hydrogen-bond acceptors (Lipinski definition) is 3. The third-order valence-corrected chi connectivity index (χ3v) is 4.21. The fourth-order valence-corrected chi connectivity index (χ4v) is 3.00. The quantitative estimate of drug-likeness (QED) is 0.797. The van der Waals surface area contributed by atoms with Gasteiger partial charge in [0.25, 0.3) is 0 Å². The van der Waals surface area contributed by atoms with Gasteiger partial charge in [-0.1, -0.05) is 31.2 Å². The van der Waals surface area contributed by atoms with Gasteiger partial charge in [0, 0.05) is 25.7 Å². The van der Waals surface area contributed by atoms with Crippen LogP contribution in [0.1, 0.15) is 43.4 Å². The van der Waals surface area contributed by atoms with Crippen molar-refractivity contribution >= 4 is 0 Å². The van der Waals surface area contributed by atoms with E-state index in [-0.39, 0.29) is 0 Å². The number of ether oxygens (including phenoxy) is 2. The normalized spacial score (nSPS) is 20.4. The number of rotatable bonds is 8. The van der Waals surface area contributed by atoms with Crippen molar-refractivity contribution in [1.82, 2.24) is 5.32 Å². The average molecular weight is 291 g/mol. The zero-order valence-corrected chi connectivity index (χ0v) is 13.4. The highest BCUT2D eigenvalue weighted by Gasteiger charge is 2.25. The van der Waals surface area contributed by atoms with Gasteiger partial charge >= 0.3 is 0 Å². The molecule has 21 heavy (non-hydrogen) atoms. The Morgan fingerprint density at radius 2 is 2.14 bits per heavy atom. The van der Waals surface area contributed by atoms with Gasteiger partial charge in [-0.05, 0) is 43.4 Å². The minimum absolute atomic E-state index is 0.418. The molecule has 1 aliphatic rings. The first-order valence-electron chi connectivity index (χ1n) is 8.24. The van der Waals surface area contributed by atoms with E-state index in [0.29, 0.717) is 12.0 Å². The van der Waals surface area contributed by atoms with Gasteiger partial charge in [0.1, 0.15) is 0 Å². The molecule has 1 saturated heterocycles. The van der Waals surface area contributed by atoms with Gasteiger partial charge in [0.2, 0.25) is 0 Å². The summed E-state index contributed by atoms with van der Waals surface area (Å²) >= 11 is 0. The first-order valence-corrected chi connectivity index (χ1v) is 8.24. The summed E-state index contributed by atoms with van der Waals surface area (Å²) < 4.78 is 10.8. The van der Waals surface area contributed by atoms with Crippen LogP contribution in [0.2, 0.25) is 0 Å². The summed E-state index contributed by atoms with van der Waals surface area (Å²) in [6.45, 7) is 5.87. The molecule has 0 bridgehead atoms. The number of nitrogens with one attached hydrogen (secondary N) is 1. The first kappa shape index (κ1) is 16.5. The van der Waals surface area contributed by atoms with Crippen LogP contribution in [0.4, 0.5) is 0 Å². The van der Waals surface area contributed by atoms with Crippen LogP contribution in [0.15, 0.2) is 24.3 Å². The Kier molecular flexibility index (Phi) is 7.20. The zero-order chi connectivity index (χ0) is 14.9. The van der Waals surface area contributed by atoms with E-state index in [4.69, 9.17) is 9.47 Å². The Labute approximate surface area is 129 Å². The second-order valence-electron chi connectivity index (χ2n) is 5.89. The molecule has 1 aromatic rings. The molecule has 0 aliphatic carbocycles. The van der Waals surface area contributed by atoms with E-state index in [2.05, 4.69) is 36.5 Å². The monoisotopic (exact) mass is 291 g/mol. The molecule has 0 amide bonds. The molecule has 0 spiro atoms. The lowest BCUT2D eigenvalue weighted by Crippen LogP contribution is -2.33.